The Morgan fingerprint density at radius 2 is 1.58 bits per heavy atom. The van der Waals surface area contributed by atoms with Crippen LogP contribution in [-0.4, -0.2) is 71.8 Å². The molecule has 198 valence electrons. The first-order valence-corrected chi connectivity index (χ1v) is 13.3. The standard InChI is InChI=1S/C25H35N3O7S/c1-7-21(25(30)26-8-2)27(16-18-9-12-20(33-3)13-10-18)24(29)17-28(36(6,31)32)19-11-14-22(34-4)23(15-19)35-5/h9-15,21H,7-8,16-17H2,1-6H3,(H,26,30). The molecule has 1 N–H and O–H groups in total. The first-order chi connectivity index (χ1) is 17.1. The zero-order valence-electron chi connectivity index (χ0n) is 21.6. The molecule has 0 aliphatic rings. The van der Waals surface area contributed by atoms with Gasteiger partial charge in [0.15, 0.2) is 11.5 Å². The molecule has 0 bridgehead atoms. The van der Waals surface area contributed by atoms with Gasteiger partial charge in [-0.3, -0.25) is 13.9 Å². The number of hydrogen-bond donors (Lipinski definition) is 1. The van der Waals surface area contributed by atoms with Crippen molar-refractivity contribution in [2.24, 2.45) is 0 Å². The van der Waals surface area contributed by atoms with Crippen LogP contribution >= 0.6 is 0 Å². The van der Waals surface area contributed by atoms with Crippen LogP contribution in [-0.2, 0) is 26.2 Å². The molecule has 0 heterocycles. The quantitative estimate of drug-likeness (QED) is 0.431. The monoisotopic (exact) mass is 521 g/mol. The lowest BCUT2D eigenvalue weighted by Crippen LogP contribution is -2.52. The van der Waals surface area contributed by atoms with Crippen molar-refractivity contribution in [2.45, 2.75) is 32.9 Å². The Morgan fingerprint density at radius 1 is 0.944 bits per heavy atom. The Bertz CT molecular complexity index is 1140. The van der Waals surface area contributed by atoms with Crippen LogP contribution in [0.3, 0.4) is 0 Å². The number of carbonyl (C=O) groups excluding carboxylic acids is 2. The number of hydrogen-bond acceptors (Lipinski definition) is 7. The highest BCUT2D eigenvalue weighted by atomic mass is 32.2. The molecule has 0 saturated carbocycles. The van der Waals surface area contributed by atoms with Crippen LogP contribution in [0, 0.1) is 0 Å². The van der Waals surface area contributed by atoms with Gasteiger partial charge in [-0.2, -0.15) is 0 Å². The van der Waals surface area contributed by atoms with Crippen LogP contribution in [0.1, 0.15) is 25.8 Å². The summed E-state index contributed by atoms with van der Waals surface area (Å²) in [5.74, 6) is 0.566. The van der Waals surface area contributed by atoms with Gasteiger partial charge in [-0.15, -0.1) is 0 Å². The van der Waals surface area contributed by atoms with Crippen LogP contribution in [0.2, 0.25) is 0 Å². The van der Waals surface area contributed by atoms with Gasteiger partial charge in [0.2, 0.25) is 21.8 Å². The van der Waals surface area contributed by atoms with Crippen LogP contribution in [0.5, 0.6) is 17.2 Å². The third-order valence-electron chi connectivity index (χ3n) is 5.58. The van der Waals surface area contributed by atoms with E-state index in [2.05, 4.69) is 5.32 Å². The average molecular weight is 522 g/mol. The van der Waals surface area contributed by atoms with Gasteiger partial charge in [0, 0.05) is 19.2 Å². The second kappa shape index (κ2) is 13.0. The maximum absolute atomic E-state index is 13.6. The molecule has 0 radical (unpaired) electrons. The zero-order valence-corrected chi connectivity index (χ0v) is 22.4. The SMILES string of the molecule is CCNC(=O)C(CC)N(Cc1ccc(OC)cc1)C(=O)CN(c1ccc(OC)c(OC)c1)S(C)(=O)=O. The Hall–Kier alpha value is -3.47. The molecule has 11 heteroatoms. The van der Waals surface area contributed by atoms with Gasteiger partial charge in [0.25, 0.3) is 0 Å². The molecule has 1 atom stereocenters. The number of carbonyl (C=O) groups is 2. The second-order valence-electron chi connectivity index (χ2n) is 8.00. The lowest BCUT2D eigenvalue weighted by Gasteiger charge is -2.33. The van der Waals surface area contributed by atoms with Crippen LogP contribution in [0.25, 0.3) is 0 Å². The van der Waals surface area contributed by atoms with Crippen molar-refractivity contribution in [3.8, 4) is 17.2 Å². The highest BCUT2D eigenvalue weighted by Gasteiger charge is 2.31. The van der Waals surface area contributed by atoms with Crippen molar-refractivity contribution >= 4 is 27.5 Å². The Morgan fingerprint density at radius 3 is 2.08 bits per heavy atom. The molecule has 0 aliphatic carbocycles. The van der Waals surface area contributed by atoms with E-state index >= 15 is 0 Å². The number of amides is 2. The van der Waals surface area contributed by atoms with Gasteiger partial charge in [-0.05, 0) is 43.2 Å². The van der Waals surface area contributed by atoms with E-state index in [0.717, 1.165) is 16.1 Å². The van der Waals surface area contributed by atoms with Crippen molar-refractivity contribution in [1.29, 1.82) is 0 Å². The van der Waals surface area contributed by atoms with E-state index in [9.17, 15) is 18.0 Å². The zero-order chi connectivity index (χ0) is 26.9. The van der Waals surface area contributed by atoms with Gasteiger partial charge >= 0.3 is 0 Å². The Kier molecular flexibility index (Phi) is 10.4. The number of nitrogens with zero attached hydrogens (tertiary/aromatic N) is 2. The number of likely N-dealkylation sites (N-methyl/N-ethyl adjacent to an activating group) is 1. The molecule has 2 aromatic carbocycles. The highest BCUT2D eigenvalue weighted by molar-refractivity contribution is 7.92. The molecular formula is C25H35N3O7S. The highest BCUT2D eigenvalue weighted by Crippen LogP contribution is 2.32. The number of benzene rings is 2. The van der Waals surface area contributed by atoms with E-state index in [1.54, 1.807) is 51.3 Å². The molecular weight excluding hydrogens is 486 g/mol. The number of anilines is 1. The largest absolute Gasteiger partial charge is 0.497 e. The van der Waals surface area contributed by atoms with E-state index in [-0.39, 0.29) is 18.1 Å². The molecule has 2 rings (SSSR count). The van der Waals surface area contributed by atoms with E-state index < -0.39 is 28.5 Å². The number of methoxy groups -OCH3 is 3. The molecule has 2 aromatic rings. The molecule has 0 aromatic heterocycles. The maximum Gasteiger partial charge on any atom is 0.244 e. The summed E-state index contributed by atoms with van der Waals surface area (Å²) in [5.41, 5.74) is 1.00. The van der Waals surface area contributed by atoms with Crippen LogP contribution in [0.4, 0.5) is 5.69 Å². The molecule has 0 fully saturated rings. The fourth-order valence-corrected chi connectivity index (χ4v) is 4.57. The van der Waals surface area contributed by atoms with Crippen LogP contribution < -0.4 is 23.8 Å². The first-order valence-electron chi connectivity index (χ1n) is 11.5. The molecule has 36 heavy (non-hydrogen) atoms. The lowest BCUT2D eigenvalue weighted by molar-refractivity contribution is -0.140. The van der Waals surface area contributed by atoms with Crippen molar-refractivity contribution in [2.75, 3.05) is 45.0 Å². The number of nitrogens with one attached hydrogen (secondary N) is 1. The minimum absolute atomic E-state index is 0.113. The Balaban J connectivity index is 2.46. The summed E-state index contributed by atoms with van der Waals surface area (Å²) in [4.78, 5) is 27.9. The first kappa shape index (κ1) is 28.8. The molecule has 2 amide bonds. The van der Waals surface area contributed by atoms with Crippen molar-refractivity contribution < 1.29 is 32.2 Å². The maximum atomic E-state index is 13.6. The van der Waals surface area contributed by atoms with Crippen LogP contribution in [0.15, 0.2) is 42.5 Å². The smallest absolute Gasteiger partial charge is 0.244 e. The van der Waals surface area contributed by atoms with E-state index in [1.165, 1.54) is 31.3 Å². The van der Waals surface area contributed by atoms with Crippen molar-refractivity contribution in [1.82, 2.24) is 10.2 Å². The minimum Gasteiger partial charge on any atom is -0.497 e. The van der Waals surface area contributed by atoms with Gasteiger partial charge < -0.3 is 24.4 Å². The topological polar surface area (TPSA) is 114 Å². The van der Waals surface area contributed by atoms with Crippen molar-refractivity contribution in [3.63, 3.8) is 0 Å². The molecule has 1 unspecified atom stereocenters. The fraction of sp³-hybridized carbons (Fsp3) is 0.440. The summed E-state index contributed by atoms with van der Waals surface area (Å²) < 4.78 is 42.2. The second-order valence-corrected chi connectivity index (χ2v) is 9.90. The minimum atomic E-state index is -3.86. The summed E-state index contributed by atoms with van der Waals surface area (Å²) in [6.07, 6.45) is 1.37. The number of ether oxygens (including phenoxy) is 3. The molecule has 0 aliphatic heterocycles. The number of rotatable bonds is 13. The van der Waals surface area contributed by atoms with E-state index in [4.69, 9.17) is 14.2 Å². The Labute approximate surface area is 213 Å². The number of sulfonamides is 1. The van der Waals surface area contributed by atoms with Gasteiger partial charge in [-0.25, -0.2) is 8.42 Å². The van der Waals surface area contributed by atoms with E-state index in [0.29, 0.717) is 30.2 Å². The molecule has 0 spiro atoms. The van der Waals surface area contributed by atoms with Gasteiger partial charge in [0.05, 0.1) is 33.3 Å². The summed E-state index contributed by atoms with van der Waals surface area (Å²) in [6, 6.07) is 10.9. The normalized spacial score (nSPS) is 11.8. The van der Waals surface area contributed by atoms with Gasteiger partial charge in [-0.1, -0.05) is 19.1 Å². The third-order valence-corrected chi connectivity index (χ3v) is 6.72. The lowest BCUT2D eigenvalue weighted by atomic mass is 10.1. The van der Waals surface area contributed by atoms with Gasteiger partial charge in [0.1, 0.15) is 18.3 Å². The fourth-order valence-electron chi connectivity index (χ4n) is 3.73. The molecule has 10 nitrogen and oxygen atoms in total. The summed E-state index contributed by atoms with van der Waals surface area (Å²) in [5, 5.41) is 2.76. The summed E-state index contributed by atoms with van der Waals surface area (Å²) in [6.45, 7) is 3.61. The average Bonchev–Trinajstić information content (AvgIpc) is 2.86. The predicted molar refractivity (Wildman–Crippen MR) is 138 cm³/mol. The van der Waals surface area contributed by atoms with Crippen molar-refractivity contribution in [3.05, 3.63) is 48.0 Å². The predicted octanol–water partition coefficient (Wildman–Crippen LogP) is 2.42. The van der Waals surface area contributed by atoms with E-state index in [1.807, 2.05) is 0 Å². The third kappa shape index (κ3) is 7.27. The summed E-state index contributed by atoms with van der Waals surface area (Å²) in [7, 11) is 0.601. The molecule has 0 saturated heterocycles. The summed E-state index contributed by atoms with van der Waals surface area (Å²) >= 11 is 0.